The van der Waals surface area contributed by atoms with E-state index in [-0.39, 0.29) is 6.10 Å². The van der Waals surface area contributed by atoms with E-state index in [1.165, 1.54) is 205 Å². The van der Waals surface area contributed by atoms with Gasteiger partial charge < -0.3 is 9.90 Å². The summed E-state index contributed by atoms with van der Waals surface area (Å²) in [4.78, 5) is 10.3. The van der Waals surface area contributed by atoms with Gasteiger partial charge in [-0.1, -0.05) is 212 Å². The maximum absolute atomic E-state index is 10.3. The highest BCUT2D eigenvalue weighted by Gasteiger charge is 2.02. The van der Waals surface area contributed by atoms with Crippen LogP contribution in [0.4, 0.5) is 0 Å². The third-order valence-corrected chi connectivity index (χ3v) is 9.25. The number of carbonyl (C=O) groups is 1. The molecule has 1 unspecified atom stereocenters. The zero-order valence-electron chi connectivity index (χ0n) is 28.5. The van der Waals surface area contributed by atoms with E-state index in [9.17, 15) is 9.90 Å². The molecule has 0 aliphatic carbocycles. The molecule has 1 atom stereocenters. The van der Waals surface area contributed by atoms with Crippen molar-refractivity contribution in [2.45, 2.75) is 244 Å². The van der Waals surface area contributed by atoms with Gasteiger partial charge in [0.2, 0.25) is 0 Å². The zero-order chi connectivity index (χ0) is 29.7. The fourth-order valence-corrected chi connectivity index (χ4v) is 6.32. The Bertz CT molecular complexity index is 462. The molecular formula is C39H78O2. The lowest BCUT2D eigenvalue weighted by Gasteiger charge is -2.09. The molecule has 0 fully saturated rings. The number of carbonyl (C=O) groups excluding carboxylic acids is 1. The van der Waals surface area contributed by atoms with Crippen molar-refractivity contribution in [3.05, 3.63) is 0 Å². The molecule has 0 amide bonds. The molecule has 0 aromatic heterocycles. The summed E-state index contributed by atoms with van der Waals surface area (Å²) in [6.07, 6.45) is 50.0. The van der Waals surface area contributed by atoms with E-state index in [4.69, 9.17) is 0 Å². The lowest BCUT2D eigenvalue weighted by atomic mass is 10.0. The first-order chi connectivity index (χ1) is 20.3. The van der Waals surface area contributed by atoms with E-state index in [0.29, 0.717) is 0 Å². The summed E-state index contributed by atoms with van der Waals surface area (Å²) < 4.78 is 0. The molecule has 0 saturated carbocycles. The summed E-state index contributed by atoms with van der Waals surface area (Å²) in [7, 11) is 0. The van der Waals surface area contributed by atoms with Gasteiger partial charge in [0.05, 0.1) is 6.10 Å². The van der Waals surface area contributed by atoms with E-state index in [1.807, 2.05) is 0 Å². The Morgan fingerprint density at radius 2 is 0.585 bits per heavy atom. The van der Waals surface area contributed by atoms with Crippen LogP contribution in [0.25, 0.3) is 0 Å². The Morgan fingerprint density at radius 3 is 0.829 bits per heavy atom. The average Bonchev–Trinajstić information content (AvgIpc) is 2.98. The highest BCUT2D eigenvalue weighted by Crippen LogP contribution is 2.17. The number of aliphatic hydroxyl groups excluding tert-OH is 1. The van der Waals surface area contributed by atoms with Gasteiger partial charge in [-0.3, -0.25) is 0 Å². The van der Waals surface area contributed by atoms with Crippen molar-refractivity contribution in [1.82, 2.24) is 0 Å². The van der Waals surface area contributed by atoms with Gasteiger partial charge in [-0.25, -0.2) is 0 Å². The van der Waals surface area contributed by atoms with Crippen molar-refractivity contribution < 1.29 is 9.90 Å². The van der Waals surface area contributed by atoms with Crippen molar-refractivity contribution in [2.24, 2.45) is 0 Å². The predicted molar refractivity (Wildman–Crippen MR) is 184 cm³/mol. The highest BCUT2D eigenvalue weighted by molar-refractivity contribution is 5.48. The van der Waals surface area contributed by atoms with Crippen LogP contribution in [-0.2, 0) is 4.79 Å². The summed E-state index contributed by atoms with van der Waals surface area (Å²) >= 11 is 0. The fraction of sp³-hybridized carbons (Fsp3) is 0.974. The summed E-state index contributed by atoms with van der Waals surface area (Å²) in [5.74, 6) is 0. The summed E-state index contributed by atoms with van der Waals surface area (Å²) in [5.41, 5.74) is 0. The van der Waals surface area contributed by atoms with Crippen molar-refractivity contribution >= 4 is 6.29 Å². The van der Waals surface area contributed by atoms with Crippen molar-refractivity contribution in [1.29, 1.82) is 0 Å². The number of hydrogen-bond acceptors (Lipinski definition) is 2. The molecule has 0 spiro atoms. The van der Waals surface area contributed by atoms with Crippen LogP contribution >= 0.6 is 0 Å². The van der Waals surface area contributed by atoms with Gasteiger partial charge >= 0.3 is 0 Å². The summed E-state index contributed by atoms with van der Waals surface area (Å²) in [6, 6.07) is 0. The number of hydrogen-bond donors (Lipinski definition) is 1. The van der Waals surface area contributed by atoms with Gasteiger partial charge in [0.1, 0.15) is 6.29 Å². The first kappa shape index (κ1) is 40.6. The summed E-state index contributed by atoms with van der Waals surface area (Å²) in [6.45, 7) is 2.20. The van der Waals surface area contributed by atoms with Crippen molar-refractivity contribution in [3.63, 3.8) is 0 Å². The second kappa shape index (κ2) is 37.7. The second-order valence-electron chi connectivity index (χ2n) is 13.5. The monoisotopic (exact) mass is 579 g/mol. The van der Waals surface area contributed by atoms with E-state index >= 15 is 0 Å². The Hall–Kier alpha value is -0.370. The standard InChI is InChI=1S/C39H78O2/c1-2-3-36-39(41)37-34-32-30-28-26-24-22-20-18-16-14-12-10-8-6-4-5-7-9-11-13-15-17-19-21-23-25-27-29-31-33-35-38-40/h38-39,41H,2-37H2,1H3. The van der Waals surface area contributed by atoms with Crippen molar-refractivity contribution in [3.8, 4) is 0 Å². The molecule has 2 heteroatoms. The van der Waals surface area contributed by atoms with Crippen LogP contribution in [0.3, 0.4) is 0 Å². The molecule has 0 aliphatic heterocycles. The van der Waals surface area contributed by atoms with Crippen LogP contribution in [0, 0.1) is 0 Å². The third-order valence-electron chi connectivity index (χ3n) is 9.25. The molecule has 0 heterocycles. The Labute approximate surface area is 260 Å². The topological polar surface area (TPSA) is 37.3 Å². The minimum Gasteiger partial charge on any atom is -0.393 e. The molecule has 0 rings (SSSR count). The second-order valence-corrected chi connectivity index (χ2v) is 13.5. The third kappa shape index (κ3) is 37.6. The molecule has 2 nitrogen and oxygen atoms in total. The zero-order valence-corrected chi connectivity index (χ0v) is 28.5. The van der Waals surface area contributed by atoms with Crippen molar-refractivity contribution in [2.75, 3.05) is 0 Å². The number of unbranched alkanes of at least 4 members (excludes halogenated alkanes) is 32. The molecule has 0 aromatic carbocycles. The largest absolute Gasteiger partial charge is 0.393 e. The van der Waals surface area contributed by atoms with Crippen LogP contribution in [0.1, 0.15) is 238 Å². The highest BCUT2D eigenvalue weighted by atomic mass is 16.3. The van der Waals surface area contributed by atoms with E-state index < -0.39 is 0 Å². The van der Waals surface area contributed by atoms with Crippen LogP contribution in [0.2, 0.25) is 0 Å². The van der Waals surface area contributed by atoms with Crippen LogP contribution in [0.15, 0.2) is 0 Å². The van der Waals surface area contributed by atoms with Gasteiger partial charge in [-0.2, -0.15) is 0 Å². The minimum atomic E-state index is -0.0382. The van der Waals surface area contributed by atoms with Crippen LogP contribution in [0.5, 0.6) is 0 Å². The molecule has 0 aromatic rings. The van der Waals surface area contributed by atoms with E-state index in [0.717, 1.165) is 32.0 Å². The fourth-order valence-electron chi connectivity index (χ4n) is 6.32. The van der Waals surface area contributed by atoms with Crippen LogP contribution in [-0.4, -0.2) is 17.5 Å². The quantitative estimate of drug-likeness (QED) is 0.0588. The lowest BCUT2D eigenvalue weighted by molar-refractivity contribution is -0.107. The smallest absolute Gasteiger partial charge is 0.119 e. The first-order valence-electron chi connectivity index (χ1n) is 19.4. The first-order valence-corrected chi connectivity index (χ1v) is 19.4. The molecule has 246 valence electrons. The van der Waals surface area contributed by atoms with E-state index in [1.54, 1.807) is 0 Å². The van der Waals surface area contributed by atoms with Gasteiger partial charge in [0.15, 0.2) is 0 Å². The molecule has 0 saturated heterocycles. The summed E-state index contributed by atoms with van der Waals surface area (Å²) in [5, 5.41) is 9.89. The molecular weight excluding hydrogens is 500 g/mol. The van der Waals surface area contributed by atoms with Crippen LogP contribution < -0.4 is 0 Å². The molecule has 1 N–H and O–H groups in total. The number of aliphatic hydroxyl groups is 1. The molecule has 0 bridgehead atoms. The van der Waals surface area contributed by atoms with Gasteiger partial charge in [-0.05, 0) is 19.3 Å². The molecule has 41 heavy (non-hydrogen) atoms. The maximum Gasteiger partial charge on any atom is 0.119 e. The number of rotatable bonds is 37. The minimum absolute atomic E-state index is 0.0382. The Kier molecular flexibility index (Phi) is 37.3. The maximum atomic E-state index is 10.3. The van der Waals surface area contributed by atoms with E-state index in [2.05, 4.69) is 6.92 Å². The van der Waals surface area contributed by atoms with Gasteiger partial charge in [0, 0.05) is 6.42 Å². The predicted octanol–water partition coefficient (Wildman–Crippen LogP) is 13.6. The lowest BCUT2D eigenvalue weighted by Crippen LogP contribution is -2.05. The van der Waals surface area contributed by atoms with Gasteiger partial charge in [-0.15, -0.1) is 0 Å². The normalized spacial score (nSPS) is 12.2. The van der Waals surface area contributed by atoms with Gasteiger partial charge in [0.25, 0.3) is 0 Å². The SMILES string of the molecule is CCCCC(O)CCCCCCCCCCCCCCCCCCCCCCCCCCCCCCCCCC=O. The number of aldehydes is 1. The molecule has 0 radical (unpaired) electrons. The molecule has 0 aliphatic rings. The Balaban J connectivity index is 3.05. The average molecular weight is 579 g/mol. The Morgan fingerprint density at radius 1 is 0.366 bits per heavy atom.